The van der Waals surface area contributed by atoms with Gasteiger partial charge < -0.3 is 15.2 Å². The minimum atomic E-state index is -0.565. The van der Waals surface area contributed by atoms with Crippen LogP contribution in [0.2, 0.25) is 0 Å². The molecular weight excluding hydrogens is 247 g/mol. The normalized spacial score (nSPS) is 14.3. The Bertz CT molecular complexity index is 637. The lowest BCUT2D eigenvalue weighted by Gasteiger charge is -2.27. The molecule has 1 amide bonds. The van der Waals surface area contributed by atoms with Gasteiger partial charge in [-0.05, 0) is 18.2 Å². The molecule has 0 unspecified atom stereocenters. The summed E-state index contributed by atoms with van der Waals surface area (Å²) in [5.41, 5.74) is 5.76. The van der Waals surface area contributed by atoms with Gasteiger partial charge in [-0.2, -0.15) is 0 Å². The minimum absolute atomic E-state index is 0.0470. The second kappa shape index (κ2) is 4.38. The molecule has 0 saturated heterocycles. The highest BCUT2D eigenvalue weighted by Crippen LogP contribution is 2.17. The zero-order valence-corrected chi connectivity index (χ0v) is 10.2. The van der Waals surface area contributed by atoms with E-state index in [-0.39, 0.29) is 11.6 Å². The molecule has 1 aromatic heterocycles. The maximum Gasteiger partial charge on any atom is 0.254 e. The number of carbonyl (C=O) groups excluding carboxylic acids is 1. The Morgan fingerprint density at radius 1 is 1.37 bits per heavy atom. The van der Waals surface area contributed by atoms with Crippen molar-refractivity contribution >= 4 is 11.6 Å². The minimum Gasteiger partial charge on any atom is -0.396 e. The summed E-state index contributed by atoms with van der Waals surface area (Å²) in [5.74, 6) is 0.0769. The number of benzene rings is 1. The highest BCUT2D eigenvalue weighted by atomic mass is 19.1. The molecule has 0 aliphatic carbocycles. The van der Waals surface area contributed by atoms with E-state index in [1.165, 1.54) is 12.1 Å². The van der Waals surface area contributed by atoms with Crippen LogP contribution in [0.25, 0.3) is 0 Å². The summed E-state index contributed by atoms with van der Waals surface area (Å²) in [4.78, 5) is 18.1. The summed E-state index contributed by atoms with van der Waals surface area (Å²) in [6.45, 7) is 1.74. The van der Waals surface area contributed by atoms with Gasteiger partial charge in [0.05, 0.1) is 12.2 Å². The van der Waals surface area contributed by atoms with E-state index < -0.39 is 5.82 Å². The molecule has 2 heterocycles. The first kappa shape index (κ1) is 11.7. The molecule has 0 fully saturated rings. The van der Waals surface area contributed by atoms with E-state index in [1.807, 2.05) is 10.8 Å². The molecule has 0 atom stereocenters. The molecule has 98 valence electrons. The fourth-order valence-electron chi connectivity index (χ4n) is 2.19. The van der Waals surface area contributed by atoms with Crippen molar-refractivity contribution in [1.82, 2.24) is 14.5 Å². The van der Waals surface area contributed by atoms with Crippen LogP contribution in [0.5, 0.6) is 0 Å². The largest absolute Gasteiger partial charge is 0.396 e. The van der Waals surface area contributed by atoms with Gasteiger partial charge in [0.15, 0.2) is 0 Å². The molecular formula is C13H13FN4O. The summed E-state index contributed by atoms with van der Waals surface area (Å²) >= 11 is 0. The van der Waals surface area contributed by atoms with Crippen LogP contribution in [0.15, 0.2) is 30.6 Å². The molecule has 2 N–H and O–H groups in total. The summed E-state index contributed by atoms with van der Waals surface area (Å²) in [6.07, 6.45) is 3.60. The monoisotopic (exact) mass is 260 g/mol. The Morgan fingerprint density at radius 3 is 3.00 bits per heavy atom. The van der Waals surface area contributed by atoms with Gasteiger partial charge in [-0.1, -0.05) is 0 Å². The maximum atomic E-state index is 13.4. The van der Waals surface area contributed by atoms with Gasteiger partial charge in [-0.25, -0.2) is 9.37 Å². The van der Waals surface area contributed by atoms with E-state index in [1.54, 1.807) is 17.2 Å². The van der Waals surface area contributed by atoms with Gasteiger partial charge >= 0.3 is 0 Å². The molecule has 1 aliphatic heterocycles. The summed E-state index contributed by atoms with van der Waals surface area (Å²) in [6, 6.07) is 4.13. The average Bonchev–Trinajstić information content (AvgIpc) is 2.88. The van der Waals surface area contributed by atoms with Gasteiger partial charge in [0.1, 0.15) is 11.6 Å². The molecule has 0 radical (unpaired) electrons. The predicted octanol–water partition coefficient (Wildman–Crippen LogP) is 1.26. The van der Waals surface area contributed by atoms with Crippen molar-refractivity contribution in [2.75, 3.05) is 12.3 Å². The molecule has 6 heteroatoms. The van der Waals surface area contributed by atoms with Gasteiger partial charge in [0.25, 0.3) is 5.91 Å². The van der Waals surface area contributed by atoms with Crippen LogP contribution in [-0.2, 0) is 13.1 Å². The smallest absolute Gasteiger partial charge is 0.254 e. The maximum absolute atomic E-state index is 13.4. The number of nitrogen functional groups attached to an aromatic ring is 1. The van der Waals surface area contributed by atoms with E-state index in [2.05, 4.69) is 4.98 Å². The molecule has 19 heavy (non-hydrogen) atoms. The van der Waals surface area contributed by atoms with Crippen molar-refractivity contribution in [1.29, 1.82) is 0 Å². The molecule has 0 bridgehead atoms. The van der Waals surface area contributed by atoms with Gasteiger partial charge in [-0.3, -0.25) is 4.79 Å². The van der Waals surface area contributed by atoms with Crippen molar-refractivity contribution in [2.45, 2.75) is 13.1 Å². The number of carbonyl (C=O) groups is 1. The number of nitrogens with zero attached hydrogens (tertiary/aromatic N) is 3. The molecule has 1 aliphatic rings. The van der Waals surface area contributed by atoms with Crippen LogP contribution in [0, 0.1) is 5.82 Å². The van der Waals surface area contributed by atoms with Crippen molar-refractivity contribution in [3.63, 3.8) is 0 Å². The van der Waals surface area contributed by atoms with Gasteiger partial charge in [0, 0.05) is 31.0 Å². The fourth-order valence-corrected chi connectivity index (χ4v) is 2.19. The number of rotatable bonds is 1. The molecule has 0 spiro atoms. The second-order valence-electron chi connectivity index (χ2n) is 4.50. The van der Waals surface area contributed by atoms with Crippen molar-refractivity contribution in [3.05, 3.63) is 47.8 Å². The van der Waals surface area contributed by atoms with E-state index in [0.717, 1.165) is 5.82 Å². The molecule has 1 aromatic carbocycles. The van der Waals surface area contributed by atoms with Crippen LogP contribution in [-0.4, -0.2) is 26.9 Å². The van der Waals surface area contributed by atoms with Crippen LogP contribution < -0.4 is 5.73 Å². The van der Waals surface area contributed by atoms with E-state index in [0.29, 0.717) is 25.2 Å². The second-order valence-corrected chi connectivity index (χ2v) is 4.50. The average molecular weight is 260 g/mol. The van der Waals surface area contributed by atoms with Gasteiger partial charge in [0.2, 0.25) is 0 Å². The number of aromatic nitrogens is 2. The topological polar surface area (TPSA) is 64.2 Å². The molecule has 0 saturated carbocycles. The van der Waals surface area contributed by atoms with Crippen LogP contribution >= 0.6 is 0 Å². The van der Waals surface area contributed by atoms with Crippen LogP contribution in [0.1, 0.15) is 16.2 Å². The number of hydrogen-bond acceptors (Lipinski definition) is 3. The lowest BCUT2D eigenvalue weighted by Crippen LogP contribution is -2.38. The number of amides is 1. The number of hydrogen-bond donors (Lipinski definition) is 1. The Morgan fingerprint density at radius 2 is 2.21 bits per heavy atom. The molecule has 3 rings (SSSR count). The summed E-state index contributed by atoms with van der Waals surface area (Å²) in [7, 11) is 0. The van der Waals surface area contributed by atoms with Crippen molar-refractivity contribution in [2.24, 2.45) is 0 Å². The quantitative estimate of drug-likeness (QED) is 0.785. The first-order valence-corrected chi connectivity index (χ1v) is 5.99. The number of nitrogens with two attached hydrogens (primary N) is 1. The van der Waals surface area contributed by atoms with Crippen LogP contribution in [0.3, 0.4) is 0 Å². The SMILES string of the molecule is Nc1ccc(C(=O)N2CCn3ccnc3C2)cc1F. The number of fused-ring (bicyclic) bond motifs is 1. The Balaban J connectivity index is 1.83. The Hall–Kier alpha value is -2.37. The third-order valence-corrected chi connectivity index (χ3v) is 3.28. The predicted molar refractivity (Wildman–Crippen MR) is 67.8 cm³/mol. The lowest BCUT2D eigenvalue weighted by molar-refractivity contribution is 0.0707. The van der Waals surface area contributed by atoms with E-state index >= 15 is 0 Å². The number of imidazole rings is 1. The van der Waals surface area contributed by atoms with Gasteiger partial charge in [-0.15, -0.1) is 0 Å². The summed E-state index contributed by atoms with van der Waals surface area (Å²) < 4.78 is 15.4. The zero-order valence-electron chi connectivity index (χ0n) is 10.2. The number of halogens is 1. The summed E-state index contributed by atoms with van der Waals surface area (Å²) in [5, 5.41) is 0. The lowest BCUT2D eigenvalue weighted by atomic mass is 10.1. The van der Waals surface area contributed by atoms with E-state index in [4.69, 9.17) is 5.73 Å². The highest BCUT2D eigenvalue weighted by molar-refractivity contribution is 5.94. The molecule has 2 aromatic rings. The first-order valence-electron chi connectivity index (χ1n) is 5.99. The first-order chi connectivity index (χ1) is 9.15. The van der Waals surface area contributed by atoms with Crippen molar-refractivity contribution in [3.8, 4) is 0 Å². The fraction of sp³-hybridized carbons (Fsp3) is 0.231. The Kier molecular flexibility index (Phi) is 2.70. The number of anilines is 1. The Labute approximate surface area is 109 Å². The zero-order chi connectivity index (χ0) is 13.4. The van der Waals surface area contributed by atoms with Crippen molar-refractivity contribution < 1.29 is 9.18 Å². The third-order valence-electron chi connectivity index (χ3n) is 3.28. The third kappa shape index (κ3) is 2.05. The van der Waals surface area contributed by atoms with Crippen LogP contribution in [0.4, 0.5) is 10.1 Å². The molecule has 5 nitrogen and oxygen atoms in total. The van der Waals surface area contributed by atoms with E-state index in [9.17, 15) is 9.18 Å². The standard InChI is InChI=1S/C13H13FN4O/c14-10-7-9(1-2-11(10)15)13(19)18-6-5-17-4-3-16-12(17)8-18/h1-4,7H,5-6,8,15H2. The highest BCUT2D eigenvalue weighted by Gasteiger charge is 2.22.